The number of hydrogen-bond donors (Lipinski definition) is 1. The summed E-state index contributed by atoms with van der Waals surface area (Å²) in [5.41, 5.74) is -0.0351. The molecule has 154 valence electrons. The predicted octanol–water partition coefficient (Wildman–Crippen LogP) is 2.65. The van der Waals surface area contributed by atoms with Gasteiger partial charge in [-0.2, -0.15) is 0 Å². The van der Waals surface area contributed by atoms with Gasteiger partial charge in [0.05, 0.1) is 33.3 Å². The number of hydrogen-bond acceptors (Lipinski definition) is 6. The number of para-hydroxylation sites is 1. The van der Waals surface area contributed by atoms with Crippen LogP contribution >= 0.6 is 0 Å². The summed E-state index contributed by atoms with van der Waals surface area (Å²) >= 11 is 0. The molecular formula is C19H21N3O6S. The summed E-state index contributed by atoms with van der Waals surface area (Å²) in [6.07, 6.45) is -0.257. The van der Waals surface area contributed by atoms with Crippen molar-refractivity contribution in [1.82, 2.24) is 4.90 Å². The van der Waals surface area contributed by atoms with Crippen LogP contribution in [0.2, 0.25) is 0 Å². The highest BCUT2D eigenvalue weighted by molar-refractivity contribution is 7.92. The van der Waals surface area contributed by atoms with E-state index in [9.17, 15) is 23.3 Å². The molecule has 9 nitrogen and oxygen atoms in total. The predicted molar refractivity (Wildman–Crippen MR) is 106 cm³/mol. The molecule has 0 aromatic heterocycles. The summed E-state index contributed by atoms with van der Waals surface area (Å²) in [4.78, 5) is 24.7. The van der Waals surface area contributed by atoms with E-state index in [1.807, 2.05) is 13.8 Å². The number of ether oxygens (including phenoxy) is 1. The highest BCUT2D eigenvalue weighted by atomic mass is 32.2. The Labute approximate surface area is 168 Å². The van der Waals surface area contributed by atoms with Crippen molar-refractivity contribution < 1.29 is 22.9 Å². The van der Waals surface area contributed by atoms with Gasteiger partial charge in [-0.25, -0.2) is 8.42 Å². The Morgan fingerprint density at radius 3 is 2.45 bits per heavy atom. The van der Waals surface area contributed by atoms with Crippen molar-refractivity contribution >= 4 is 27.3 Å². The van der Waals surface area contributed by atoms with Crippen LogP contribution in [0.5, 0.6) is 0 Å². The monoisotopic (exact) mass is 419 g/mol. The van der Waals surface area contributed by atoms with Crippen LogP contribution in [0, 0.1) is 10.1 Å². The number of rotatable bonds is 5. The van der Waals surface area contributed by atoms with E-state index in [1.165, 1.54) is 24.3 Å². The molecule has 0 spiro atoms. The van der Waals surface area contributed by atoms with Crippen molar-refractivity contribution in [2.45, 2.75) is 31.0 Å². The Morgan fingerprint density at radius 1 is 1.14 bits per heavy atom. The van der Waals surface area contributed by atoms with Crippen LogP contribution < -0.4 is 4.72 Å². The van der Waals surface area contributed by atoms with Crippen LogP contribution in [-0.4, -0.2) is 49.4 Å². The third-order valence-corrected chi connectivity index (χ3v) is 5.81. The molecular weight excluding hydrogens is 398 g/mol. The number of sulfonamides is 1. The lowest BCUT2D eigenvalue weighted by Gasteiger charge is -2.35. The molecule has 1 saturated heterocycles. The molecule has 1 fully saturated rings. The van der Waals surface area contributed by atoms with E-state index in [-0.39, 0.29) is 39.9 Å². The maximum absolute atomic E-state index is 13.0. The molecule has 1 amide bonds. The first-order valence-corrected chi connectivity index (χ1v) is 10.5. The van der Waals surface area contributed by atoms with Crippen LogP contribution in [0.4, 0.5) is 11.4 Å². The number of anilines is 1. The molecule has 1 aliphatic rings. The number of carbonyl (C=O) groups is 1. The number of nitrogens with zero attached hydrogens (tertiary/aromatic N) is 2. The topological polar surface area (TPSA) is 119 Å². The number of morpholine rings is 1. The maximum Gasteiger partial charge on any atom is 0.270 e. The summed E-state index contributed by atoms with van der Waals surface area (Å²) < 4.78 is 33.5. The van der Waals surface area contributed by atoms with Crippen LogP contribution in [0.25, 0.3) is 0 Å². The number of amides is 1. The second-order valence-corrected chi connectivity index (χ2v) is 8.56. The van der Waals surface area contributed by atoms with Crippen molar-refractivity contribution in [3.63, 3.8) is 0 Å². The molecule has 1 N–H and O–H groups in total. The fourth-order valence-corrected chi connectivity index (χ4v) is 4.36. The summed E-state index contributed by atoms with van der Waals surface area (Å²) in [5.74, 6) is -0.315. The molecule has 29 heavy (non-hydrogen) atoms. The number of nitro benzene ring substituents is 1. The van der Waals surface area contributed by atoms with Crippen molar-refractivity contribution in [3.05, 3.63) is 64.2 Å². The van der Waals surface area contributed by atoms with Crippen LogP contribution in [0.1, 0.15) is 24.2 Å². The average Bonchev–Trinajstić information content (AvgIpc) is 2.67. The number of benzene rings is 2. The van der Waals surface area contributed by atoms with E-state index < -0.39 is 14.9 Å². The van der Waals surface area contributed by atoms with Gasteiger partial charge < -0.3 is 9.64 Å². The fraction of sp³-hybridized carbons (Fsp3) is 0.316. The Hall–Kier alpha value is -2.98. The Morgan fingerprint density at radius 2 is 1.79 bits per heavy atom. The normalized spacial score (nSPS) is 19.6. The minimum atomic E-state index is -4.13. The Bertz CT molecular complexity index is 1030. The zero-order chi connectivity index (χ0) is 21.2. The largest absolute Gasteiger partial charge is 0.372 e. The third-order valence-electron chi connectivity index (χ3n) is 4.45. The van der Waals surface area contributed by atoms with Crippen LogP contribution in [0.3, 0.4) is 0 Å². The zero-order valence-corrected chi connectivity index (χ0v) is 16.8. The van der Waals surface area contributed by atoms with Gasteiger partial charge >= 0.3 is 0 Å². The first-order valence-electron chi connectivity index (χ1n) is 8.98. The van der Waals surface area contributed by atoms with Gasteiger partial charge in [0.15, 0.2) is 0 Å². The zero-order valence-electron chi connectivity index (χ0n) is 15.9. The van der Waals surface area contributed by atoms with Gasteiger partial charge in [-0.3, -0.25) is 19.6 Å². The third kappa shape index (κ3) is 4.72. The van der Waals surface area contributed by atoms with E-state index in [2.05, 4.69) is 4.72 Å². The van der Waals surface area contributed by atoms with Crippen molar-refractivity contribution in [2.24, 2.45) is 0 Å². The lowest BCUT2D eigenvalue weighted by molar-refractivity contribution is -0.385. The molecule has 2 aromatic rings. The molecule has 2 atom stereocenters. The fourth-order valence-electron chi connectivity index (χ4n) is 3.24. The number of carbonyl (C=O) groups excluding carboxylic acids is 1. The van der Waals surface area contributed by atoms with E-state index in [0.29, 0.717) is 13.1 Å². The molecule has 0 radical (unpaired) electrons. The summed E-state index contributed by atoms with van der Waals surface area (Å²) in [5, 5.41) is 10.9. The van der Waals surface area contributed by atoms with E-state index in [4.69, 9.17) is 4.74 Å². The molecule has 0 bridgehead atoms. The lowest BCUT2D eigenvalue weighted by Crippen LogP contribution is -2.48. The van der Waals surface area contributed by atoms with Crippen LogP contribution in [0.15, 0.2) is 53.4 Å². The molecule has 1 heterocycles. The lowest BCUT2D eigenvalue weighted by atomic mass is 10.1. The molecule has 0 saturated carbocycles. The smallest absolute Gasteiger partial charge is 0.270 e. The second kappa shape index (κ2) is 8.18. The van der Waals surface area contributed by atoms with E-state index in [0.717, 1.165) is 6.07 Å². The molecule has 3 rings (SSSR count). The van der Waals surface area contributed by atoms with Gasteiger partial charge in [0.1, 0.15) is 0 Å². The number of nitro groups is 1. The molecule has 1 aliphatic heterocycles. The number of non-ortho nitro benzene ring substituents is 1. The Kier molecular flexibility index (Phi) is 5.85. The van der Waals surface area contributed by atoms with Crippen molar-refractivity contribution in [1.29, 1.82) is 0 Å². The van der Waals surface area contributed by atoms with Crippen LogP contribution in [-0.2, 0) is 14.8 Å². The molecule has 0 aliphatic carbocycles. The standard InChI is InChI=1S/C19H21N3O6S/c1-13-11-21(12-14(2)28-13)19(23)17-8-3-4-9-18(17)20-29(26,27)16-7-5-6-15(10-16)22(24)25/h3-10,13-14,20H,11-12H2,1-2H3/t13-,14-/m0/s1. The maximum atomic E-state index is 13.0. The highest BCUT2D eigenvalue weighted by Crippen LogP contribution is 2.24. The highest BCUT2D eigenvalue weighted by Gasteiger charge is 2.28. The molecule has 2 aromatic carbocycles. The summed E-state index contributed by atoms with van der Waals surface area (Å²) in [7, 11) is -4.13. The number of nitrogens with one attached hydrogen (secondary N) is 1. The molecule has 10 heteroatoms. The van der Waals surface area contributed by atoms with Gasteiger partial charge in [0.2, 0.25) is 0 Å². The summed E-state index contributed by atoms with van der Waals surface area (Å²) in [6.45, 7) is 4.53. The van der Waals surface area contributed by atoms with Gasteiger partial charge in [-0.1, -0.05) is 18.2 Å². The van der Waals surface area contributed by atoms with Crippen molar-refractivity contribution in [2.75, 3.05) is 17.8 Å². The minimum Gasteiger partial charge on any atom is -0.372 e. The average molecular weight is 419 g/mol. The first-order chi connectivity index (χ1) is 13.7. The van der Waals surface area contributed by atoms with E-state index >= 15 is 0 Å². The summed E-state index contributed by atoms with van der Waals surface area (Å²) in [6, 6.07) is 11.0. The van der Waals surface area contributed by atoms with Crippen molar-refractivity contribution in [3.8, 4) is 0 Å². The van der Waals surface area contributed by atoms with E-state index in [1.54, 1.807) is 23.1 Å². The van der Waals surface area contributed by atoms with Gasteiger partial charge in [-0.05, 0) is 32.0 Å². The quantitative estimate of drug-likeness (QED) is 0.588. The first kappa shape index (κ1) is 20.7. The molecule has 0 unspecified atom stereocenters. The second-order valence-electron chi connectivity index (χ2n) is 6.87. The minimum absolute atomic E-state index is 0.107. The van der Waals surface area contributed by atoms with Gasteiger partial charge in [-0.15, -0.1) is 0 Å². The Balaban J connectivity index is 1.90. The van der Waals surface area contributed by atoms with Gasteiger partial charge in [0.25, 0.3) is 21.6 Å². The van der Waals surface area contributed by atoms with Gasteiger partial charge in [0, 0.05) is 25.2 Å². The SMILES string of the molecule is C[C@H]1CN(C(=O)c2ccccc2NS(=O)(=O)c2cccc([N+](=O)[O-])c2)C[C@H](C)O1.